The quantitative estimate of drug-likeness (QED) is 0.842. The second kappa shape index (κ2) is 5.80. The summed E-state index contributed by atoms with van der Waals surface area (Å²) in [4.78, 5) is 0. The van der Waals surface area contributed by atoms with Crippen molar-refractivity contribution >= 4 is 0 Å². The van der Waals surface area contributed by atoms with Gasteiger partial charge < -0.3 is 10.4 Å². The molecule has 2 aromatic carbocycles. The van der Waals surface area contributed by atoms with Gasteiger partial charge in [-0.05, 0) is 24.6 Å². The molecule has 0 saturated carbocycles. The highest BCUT2D eigenvalue weighted by atomic mass is 16.3. The Labute approximate surface area is 108 Å². The Bertz CT molecular complexity index is 463. The van der Waals surface area contributed by atoms with Crippen LogP contribution in [-0.2, 0) is 12.0 Å². The van der Waals surface area contributed by atoms with Crippen LogP contribution in [0.3, 0.4) is 0 Å². The Morgan fingerprint density at radius 1 is 0.944 bits per heavy atom. The summed E-state index contributed by atoms with van der Waals surface area (Å²) in [6.45, 7) is 0.0718. The van der Waals surface area contributed by atoms with Crippen molar-refractivity contribution in [1.82, 2.24) is 5.32 Å². The van der Waals surface area contributed by atoms with Crippen molar-refractivity contribution in [3.8, 4) is 0 Å². The number of nitrogens with one attached hydrogen (secondary N) is 1. The molecule has 94 valence electrons. The van der Waals surface area contributed by atoms with Gasteiger partial charge in [-0.25, -0.2) is 0 Å². The van der Waals surface area contributed by atoms with Gasteiger partial charge >= 0.3 is 0 Å². The zero-order valence-electron chi connectivity index (χ0n) is 10.6. The molecule has 0 aliphatic rings. The van der Waals surface area contributed by atoms with E-state index in [1.54, 1.807) is 0 Å². The lowest BCUT2D eigenvalue weighted by molar-refractivity contribution is 0.167. The molecule has 1 unspecified atom stereocenters. The fraction of sp³-hybridized carbons (Fsp3) is 0.250. The van der Waals surface area contributed by atoms with Gasteiger partial charge in [0, 0.05) is 0 Å². The van der Waals surface area contributed by atoms with Crippen LogP contribution in [-0.4, -0.2) is 18.8 Å². The maximum atomic E-state index is 9.83. The molecule has 0 radical (unpaired) electrons. The van der Waals surface area contributed by atoms with E-state index < -0.39 is 5.54 Å². The van der Waals surface area contributed by atoms with Gasteiger partial charge in [0.2, 0.25) is 0 Å². The fourth-order valence-electron chi connectivity index (χ4n) is 2.26. The Hall–Kier alpha value is -1.64. The third kappa shape index (κ3) is 2.61. The standard InChI is InChI=1S/C16H19NO/c1-17-16(13-18,15-10-6-3-7-11-15)12-14-8-4-2-5-9-14/h2-11,17-18H,12-13H2,1H3. The first-order valence-electron chi connectivity index (χ1n) is 6.20. The van der Waals surface area contributed by atoms with Crippen LogP contribution >= 0.6 is 0 Å². The summed E-state index contributed by atoms with van der Waals surface area (Å²) in [5.74, 6) is 0. The van der Waals surface area contributed by atoms with E-state index in [1.165, 1.54) is 5.56 Å². The van der Waals surface area contributed by atoms with Crippen molar-refractivity contribution in [1.29, 1.82) is 0 Å². The molecule has 0 aromatic heterocycles. The minimum absolute atomic E-state index is 0.0718. The summed E-state index contributed by atoms with van der Waals surface area (Å²) in [7, 11) is 1.90. The maximum Gasteiger partial charge on any atom is 0.0707 e. The molecule has 2 heteroatoms. The van der Waals surface area contributed by atoms with Crippen molar-refractivity contribution in [2.24, 2.45) is 0 Å². The second-order valence-corrected chi connectivity index (χ2v) is 4.52. The minimum Gasteiger partial charge on any atom is -0.394 e. The maximum absolute atomic E-state index is 9.83. The molecule has 0 amide bonds. The Morgan fingerprint density at radius 3 is 2.00 bits per heavy atom. The molecule has 2 aromatic rings. The molecule has 0 spiro atoms. The number of aliphatic hydroxyl groups excluding tert-OH is 1. The highest BCUT2D eigenvalue weighted by Crippen LogP contribution is 2.25. The first-order valence-corrected chi connectivity index (χ1v) is 6.20. The predicted octanol–water partition coefficient (Wildman–Crippen LogP) is 2.34. The fourth-order valence-corrected chi connectivity index (χ4v) is 2.26. The van der Waals surface area contributed by atoms with E-state index in [4.69, 9.17) is 0 Å². The smallest absolute Gasteiger partial charge is 0.0707 e. The molecule has 0 fully saturated rings. The van der Waals surface area contributed by atoms with E-state index in [0.717, 1.165) is 12.0 Å². The van der Waals surface area contributed by atoms with Crippen molar-refractivity contribution in [2.45, 2.75) is 12.0 Å². The van der Waals surface area contributed by atoms with Gasteiger partial charge in [-0.15, -0.1) is 0 Å². The van der Waals surface area contributed by atoms with Crippen molar-refractivity contribution < 1.29 is 5.11 Å². The van der Waals surface area contributed by atoms with Crippen LogP contribution in [0.1, 0.15) is 11.1 Å². The van der Waals surface area contributed by atoms with Crippen LogP contribution in [0.2, 0.25) is 0 Å². The second-order valence-electron chi connectivity index (χ2n) is 4.52. The van der Waals surface area contributed by atoms with E-state index in [0.29, 0.717) is 0 Å². The lowest BCUT2D eigenvalue weighted by atomic mass is 9.84. The zero-order chi connectivity index (χ0) is 12.8. The van der Waals surface area contributed by atoms with Gasteiger partial charge in [-0.1, -0.05) is 60.7 Å². The Morgan fingerprint density at radius 2 is 1.50 bits per heavy atom. The molecule has 1 atom stereocenters. The van der Waals surface area contributed by atoms with Gasteiger partial charge in [0.05, 0.1) is 12.1 Å². The highest BCUT2D eigenvalue weighted by molar-refractivity contribution is 5.29. The van der Waals surface area contributed by atoms with Crippen molar-refractivity contribution in [3.63, 3.8) is 0 Å². The van der Waals surface area contributed by atoms with E-state index in [-0.39, 0.29) is 6.61 Å². The van der Waals surface area contributed by atoms with Crippen LogP contribution < -0.4 is 5.32 Å². The molecule has 2 nitrogen and oxygen atoms in total. The van der Waals surface area contributed by atoms with Crippen molar-refractivity contribution in [3.05, 3.63) is 71.8 Å². The van der Waals surface area contributed by atoms with Crippen molar-refractivity contribution in [2.75, 3.05) is 13.7 Å². The lowest BCUT2D eigenvalue weighted by Crippen LogP contribution is -2.45. The predicted molar refractivity (Wildman–Crippen MR) is 74.4 cm³/mol. The molecule has 0 aliphatic heterocycles. The van der Waals surface area contributed by atoms with Gasteiger partial charge in [0.25, 0.3) is 0 Å². The van der Waals surface area contributed by atoms with Crippen LogP contribution in [0.15, 0.2) is 60.7 Å². The largest absolute Gasteiger partial charge is 0.394 e. The minimum atomic E-state index is -0.414. The van der Waals surface area contributed by atoms with Crippen LogP contribution in [0.4, 0.5) is 0 Å². The molecule has 0 saturated heterocycles. The number of likely N-dealkylation sites (N-methyl/N-ethyl adjacent to an activating group) is 1. The average molecular weight is 241 g/mol. The molecular formula is C16H19NO. The number of benzene rings is 2. The number of rotatable bonds is 5. The van der Waals surface area contributed by atoms with Crippen LogP contribution in [0.5, 0.6) is 0 Å². The third-order valence-corrected chi connectivity index (χ3v) is 3.42. The molecule has 0 bridgehead atoms. The average Bonchev–Trinajstić information content (AvgIpc) is 2.47. The molecule has 2 N–H and O–H groups in total. The lowest BCUT2D eigenvalue weighted by Gasteiger charge is -2.32. The van der Waals surface area contributed by atoms with E-state index in [9.17, 15) is 5.11 Å². The first-order chi connectivity index (χ1) is 8.80. The third-order valence-electron chi connectivity index (χ3n) is 3.42. The molecule has 18 heavy (non-hydrogen) atoms. The molecule has 0 heterocycles. The van der Waals surface area contributed by atoms with E-state index in [2.05, 4.69) is 29.6 Å². The summed E-state index contributed by atoms with van der Waals surface area (Å²) < 4.78 is 0. The number of hydrogen-bond acceptors (Lipinski definition) is 2. The van der Waals surface area contributed by atoms with Gasteiger partial charge in [0.1, 0.15) is 0 Å². The van der Waals surface area contributed by atoms with E-state index in [1.807, 2.05) is 43.4 Å². The SMILES string of the molecule is CNC(CO)(Cc1ccccc1)c1ccccc1. The van der Waals surface area contributed by atoms with E-state index >= 15 is 0 Å². The summed E-state index contributed by atoms with van der Waals surface area (Å²) in [5.41, 5.74) is 1.91. The summed E-state index contributed by atoms with van der Waals surface area (Å²) >= 11 is 0. The normalized spacial score (nSPS) is 14.1. The number of hydrogen-bond donors (Lipinski definition) is 2. The van der Waals surface area contributed by atoms with Crippen LogP contribution in [0, 0.1) is 0 Å². The monoisotopic (exact) mass is 241 g/mol. The Kier molecular flexibility index (Phi) is 4.13. The van der Waals surface area contributed by atoms with Gasteiger partial charge in [-0.3, -0.25) is 0 Å². The summed E-state index contributed by atoms with van der Waals surface area (Å²) in [6.07, 6.45) is 0.769. The topological polar surface area (TPSA) is 32.3 Å². The molecule has 2 rings (SSSR count). The number of aliphatic hydroxyl groups is 1. The Balaban J connectivity index is 2.33. The van der Waals surface area contributed by atoms with Gasteiger partial charge in [0.15, 0.2) is 0 Å². The first kappa shape index (κ1) is 12.8. The molecular weight excluding hydrogens is 222 g/mol. The highest BCUT2D eigenvalue weighted by Gasteiger charge is 2.29. The summed E-state index contributed by atoms with van der Waals surface area (Å²) in [6, 6.07) is 20.3. The van der Waals surface area contributed by atoms with Gasteiger partial charge in [-0.2, -0.15) is 0 Å². The zero-order valence-corrected chi connectivity index (χ0v) is 10.6. The summed E-state index contributed by atoms with van der Waals surface area (Å²) in [5, 5.41) is 13.1. The van der Waals surface area contributed by atoms with Crippen LogP contribution in [0.25, 0.3) is 0 Å². The molecule has 0 aliphatic carbocycles.